The third-order valence-electron chi connectivity index (χ3n) is 10.5. The van der Waals surface area contributed by atoms with Crippen molar-refractivity contribution in [3.05, 3.63) is 54.1 Å². The number of likely N-dealkylation sites (N-methyl/N-ethyl adjacent to an activating group) is 1. The van der Waals surface area contributed by atoms with Gasteiger partial charge in [-0.3, -0.25) is 38.4 Å². The number of carboxylic acids is 1. The standard InChI is InChI=1S/C42H65N11O10/c1-8-24(4)35(42(62)63)52-37(57)29(16-12-13-17-43)48-38(58)30(18-27-14-10-9-11-15-27)49-36(56)25(5)53(7)41(61)32(20-33(44)55)51-39(59)31(19-28-21-45-22-46-28)50-40(60)34(23(2)3)47-26(6)54/h9-11,14-15,21-25,29-32,34-35H,8,12-13,16-20,43H2,1-7H3,(H2,44,55)(H,45,46)(H,47,54)(H,48,58)(H,49,56)(H,50,60)(H,51,59)(H,52,57)(H,62,63)/t24-,25-,29-,30-,31-,32-,34-,35-/m0/s1. The zero-order chi connectivity index (χ0) is 47.4. The predicted octanol–water partition coefficient (Wildman–Crippen LogP) is -1.24. The van der Waals surface area contributed by atoms with E-state index in [1.54, 1.807) is 58.0 Å². The SMILES string of the molecule is CC[C@H](C)[C@H](NC(=O)[C@H](CCCCN)NC(=O)[C@H](Cc1ccccc1)NC(=O)[C@H](C)N(C)C(=O)[C@H](CC(N)=O)NC(=O)[C@H](Cc1cnc[nH]1)NC(=O)[C@@H](NC(C)=O)C(C)C)C(=O)O. The molecule has 1 aromatic carbocycles. The maximum atomic E-state index is 14.0. The molecular formula is C42H65N11O10. The van der Waals surface area contributed by atoms with Gasteiger partial charge < -0.3 is 58.4 Å². The Morgan fingerprint density at radius 2 is 1.32 bits per heavy atom. The minimum absolute atomic E-state index is 0.0477. The zero-order valence-corrected chi connectivity index (χ0v) is 37.1. The molecule has 12 N–H and O–H groups in total. The van der Waals surface area contributed by atoms with E-state index in [0.717, 1.165) is 4.90 Å². The Morgan fingerprint density at radius 3 is 1.84 bits per heavy atom. The number of aromatic amines is 1. The second-order valence-electron chi connectivity index (χ2n) is 15.9. The molecule has 0 aliphatic heterocycles. The molecule has 2 aromatic rings. The smallest absolute Gasteiger partial charge is 0.326 e. The number of aromatic nitrogens is 2. The molecule has 21 nitrogen and oxygen atoms in total. The Labute approximate surface area is 367 Å². The molecule has 0 aliphatic rings. The van der Waals surface area contributed by atoms with Crippen LogP contribution in [-0.2, 0) is 56.0 Å². The first-order valence-electron chi connectivity index (χ1n) is 21.0. The molecule has 21 heteroatoms. The summed E-state index contributed by atoms with van der Waals surface area (Å²) in [6, 6.07) is -0.336. The van der Waals surface area contributed by atoms with Crippen LogP contribution in [0.5, 0.6) is 0 Å². The summed E-state index contributed by atoms with van der Waals surface area (Å²) in [4.78, 5) is 126. The number of H-pyrrole nitrogens is 1. The van der Waals surface area contributed by atoms with Gasteiger partial charge in [-0.05, 0) is 50.1 Å². The van der Waals surface area contributed by atoms with E-state index in [9.17, 15) is 48.3 Å². The lowest BCUT2D eigenvalue weighted by Crippen LogP contribution is -2.60. The summed E-state index contributed by atoms with van der Waals surface area (Å²) in [6.07, 6.45) is 3.43. The van der Waals surface area contributed by atoms with Gasteiger partial charge in [0.1, 0.15) is 42.3 Å². The monoisotopic (exact) mass is 883 g/mol. The minimum Gasteiger partial charge on any atom is -0.480 e. The van der Waals surface area contributed by atoms with E-state index in [-0.39, 0.29) is 25.2 Å². The van der Waals surface area contributed by atoms with Gasteiger partial charge in [-0.1, -0.05) is 64.4 Å². The average molecular weight is 884 g/mol. The summed E-state index contributed by atoms with van der Waals surface area (Å²) in [5.41, 5.74) is 12.2. The summed E-state index contributed by atoms with van der Waals surface area (Å²) in [6.45, 7) is 9.77. The largest absolute Gasteiger partial charge is 0.480 e. The van der Waals surface area contributed by atoms with Crippen LogP contribution in [0.3, 0.4) is 0 Å². The van der Waals surface area contributed by atoms with Crippen molar-refractivity contribution in [3.8, 4) is 0 Å². The molecule has 8 atom stereocenters. The summed E-state index contributed by atoms with van der Waals surface area (Å²) in [5.74, 6) is -8.27. The molecule has 0 unspecified atom stereocenters. The highest BCUT2D eigenvalue weighted by molar-refractivity contribution is 5.98. The van der Waals surface area contributed by atoms with Crippen LogP contribution >= 0.6 is 0 Å². The van der Waals surface area contributed by atoms with E-state index >= 15 is 0 Å². The molecule has 2 rings (SSSR count). The van der Waals surface area contributed by atoms with Gasteiger partial charge in [0.05, 0.1) is 12.7 Å². The van der Waals surface area contributed by atoms with Crippen molar-refractivity contribution in [2.45, 2.75) is 129 Å². The fourth-order valence-electron chi connectivity index (χ4n) is 6.45. The van der Waals surface area contributed by atoms with Crippen LogP contribution in [-0.4, -0.2) is 129 Å². The van der Waals surface area contributed by atoms with Gasteiger partial charge in [0.2, 0.25) is 47.3 Å². The number of carbonyl (C=O) groups is 9. The van der Waals surface area contributed by atoms with Crippen molar-refractivity contribution in [2.24, 2.45) is 23.3 Å². The maximum Gasteiger partial charge on any atom is 0.326 e. The number of primary amides is 1. The van der Waals surface area contributed by atoms with Crippen molar-refractivity contribution < 1.29 is 48.3 Å². The molecule has 348 valence electrons. The Balaban J connectivity index is 2.38. The molecule has 0 spiro atoms. The van der Waals surface area contributed by atoms with Crippen LogP contribution in [0.1, 0.15) is 84.9 Å². The Kier molecular flexibility index (Phi) is 21.9. The average Bonchev–Trinajstić information content (AvgIpc) is 3.75. The van der Waals surface area contributed by atoms with Gasteiger partial charge in [-0.25, -0.2) is 9.78 Å². The molecule has 1 aromatic heterocycles. The van der Waals surface area contributed by atoms with Crippen LogP contribution in [0.2, 0.25) is 0 Å². The van der Waals surface area contributed by atoms with Gasteiger partial charge >= 0.3 is 5.97 Å². The molecule has 0 fully saturated rings. The number of hydrogen-bond acceptors (Lipinski definition) is 11. The lowest BCUT2D eigenvalue weighted by atomic mass is 9.98. The minimum atomic E-state index is -1.62. The van der Waals surface area contributed by atoms with E-state index in [1.807, 2.05) is 0 Å². The number of unbranched alkanes of at least 4 members (excludes halogenated alkanes) is 1. The third-order valence-corrected chi connectivity index (χ3v) is 10.5. The van der Waals surface area contributed by atoms with Crippen LogP contribution in [0.15, 0.2) is 42.9 Å². The zero-order valence-electron chi connectivity index (χ0n) is 37.1. The molecule has 0 aliphatic carbocycles. The topological polar surface area (TPSA) is 330 Å². The van der Waals surface area contributed by atoms with Crippen molar-refractivity contribution in [1.82, 2.24) is 46.8 Å². The lowest BCUT2D eigenvalue weighted by Gasteiger charge is -2.31. The number of nitrogens with one attached hydrogen (secondary N) is 7. The van der Waals surface area contributed by atoms with Crippen LogP contribution in [0, 0.1) is 11.8 Å². The normalized spacial score (nSPS) is 14.9. The van der Waals surface area contributed by atoms with Crippen molar-refractivity contribution in [3.63, 3.8) is 0 Å². The number of nitrogens with two attached hydrogens (primary N) is 2. The number of amides is 8. The number of rotatable bonds is 27. The number of nitrogens with zero attached hydrogens (tertiary/aromatic N) is 2. The summed E-state index contributed by atoms with van der Waals surface area (Å²) in [7, 11) is 1.25. The number of carbonyl (C=O) groups excluding carboxylic acids is 8. The van der Waals surface area contributed by atoms with Gasteiger partial charge in [-0.15, -0.1) is 0 Å². The highest BCUT2D eigenvalue weighted by atomic mass is 16.4. The fourth-order valence-corrected chi connectivity index (χ4v) is 6.45. The van der Waals surface area contributed by atoms with Crippen LogP contribution < -0.4 is 43.4 Å². The maximum absolute atomic E-state index is 14.0. The van der Waals surface area contributed by atoms with E-state index in [4.69, 9.17) is 11.5 Å². The van der Waals surface area contributed by atoms with Crippen molar-refractivity contribution in [1.29, 1.82) is 0 Å². The Morgan fingerprint density at radius 1 is 0.746 bits per heavy atom. The number of aliphatic carboxylic acids is 1. The van der Waals surface area contributed by atoms with E-state index in [0.29, 0.717) is 37.1 Å². The third kappa shape index (κ3) is 17.5. The van der Waals surface area contributed by atoms with Crippen LogP contribution in [0.4, 0.5) is 0 Å². The van der Waals surface area contributed by atoms with E-state index in [2.05, 4.69) is 41.9 Å². The second kappa shape index (κ2) is 26.2. The fraction of sp³-hybridized carbons (Fsp3) is 0.571. The highest BCUT2D eigenvalue weighted by Crippen LogP contribution is 2.13. The number of benzene rings is 1. The summed E-state index contributed by atoms with van der Waals surface area (Å²) in [5, 5.41) is 25.3. The molecule has 1 heterocycles. The molecule has 0 saturated carbocycles. The quantitative estimate of drug-likeness (QED) is 0.0472. The van der Waals surface area contributed by atoms with E-state index < -0.39 is 108 Å². The first-order chi connectivity index (χ1) is 29.7. The molecular weight excluding hydrogens is 819 g/mol. The number of imidazole rings is 1. The molecule has 0 bridgehead atoms. The van der Waals surface area contributed by atoms with Gasteiger partial charge in [0.25, 0.3) is 0 Å². The Hall–Kier alpha value is -6.38. The van der Waals surface area contributed by atoms with Gasteiger partial charge in [0, 0.05) is 38.7 Å². The number of hydrogen-bond donors (Lipinski definition) is 10. The van der Waals surface area contributed by atoms with Crippen molar-refractivity contribution in [2.75, 3.05) is 13.6 Å². The van der Waals surface area contributed by atoms with Gasteiger partial charge in [0.15, 0.2) is 0 Å². The highest BCUT2D eigenvalue weighted by Gasteiger charge is 2.36. The molecule has 0 radical (unpaired) electrons. The molecule has 63 heavy (non-hydrogen) atoms. The van der Waals surface area contributed by atoms with Gasteiger partial charge in [-0.2, -0.15) is 0 Å². The van der Waals surface area contributed by atoms with Crippen molar-refractivity contribution >= 4 is 53.2 Å². The van der Waals surface area contributed by atoms with Crippen LogP contribution in [0.25, 0.3) is 0 Å². The summed E-state index contributed by atoms with van der Waals surface area (Å²) < 4.78 is 0. The predicted molar refractivity (Wildman–Crippen MR) is 231 cm³/mol. The molecule has 8 amide bonds. The second-order valence-corrected chi connectivity index (χ2v) is 15.9. The summed E-state index contributed by atoms with van der Waals surface area (Å²) >= 11 is 0. The Bertz CT molecular complexity index is 1860. The molecule has 0 saturated heterocycles. The lowest BCUT2D eigenvalue weighted by molar-refractivity contribution is -0.144. The van der Waals surface area contributed by atoms with E-state index in [1.165, 1.54) is 33.4 Å². The number of carboxylic acid groups (broad SMARTS) is 1. The first kappa shape index (κ1) is 52.8. The first-order valence-corrected chi connectivity index (χ1v) is 21.0.